The summed E-state index contributed by atoms with van der Waals surface area (Å²) in [5.41, 5.74) is 4.48. The minimum Gasteiger partial charge on any atom is -0.0853 e. The molecule has 1 radical (unpaired) electrons. The molecular formula is C15H23. The normalized spacial score (nSPS) is 20.6. The highest BCUT2D eigenvalue weighted by Gasteiger charge is 1.96. The van der Waals surface area contributed by atoms with E-state index in [1.807, 2.05) is 0 Å². The summed E-state index contributed by atoms with van der Waals surface area (Å²) in [6.45, 7) is 6.69. The second-order valence-electron chi connectivity index (χ2n) is 4.57. The van der Waals surface area contributed by atoms with E-state index in [0.29, 0.717) is 0 Å². The van der Waals surface area contributed by atoms with Gasteiger partial charge in [0.05, 0.1) is 0 Å². The van der Waals surface area contributed by atoms with E-state index in [1.165, 1.54) is 42.4 Å². The molecule has 0 atom stereocenters. The molecule has 0 saturated carbocycles. The molecule has 0 amide bonds. The van der Waals surface area contributed by atoms with E-state index in [1.54, 1.807) is 0 Å². The molecule has 0 unspecified atom stereocenters. The van der Waals surface area contributed by atoms with Crippen molar-refractivity contribution in [1.82, 2.24) is 0 Å². The van der Waals surface area contributed by atoms with Crippen LogP contribution in [0.3, 0.4) is 0 Å². The van der Waals surface area contributed by atoms with Gasteiger partial charge in [-0.1, -0.05) is 34.9 Å². The zero-order chi connectivity index (χ0) is 11.1. The highest BCUT2D eigenvalue weighted by atomic mass is 14.0. The van der Waals surface area contributed by atoms with E-state index in [9.17, 15) is 0 Å². The minimum atomic E-state index is 1.09. The molecule has 83 valence electrons. The van der Waals surface area contributed by atoms with E-state index >= 15 is 0 Å². The Morgan fingerprint density at radius 3 is 2.27 bits per heavy atom. The van der Waals surface area contributed by atoms with E-state index in [4.69, 9.17) is 0 Å². The van der Waals surface area contributed by atoms with Crippen molar-refractivity contribution in [3.05, 3.63) is 41.4 Å². The van der Waals surface area contributed by atoms with Crippen molar-refractivity contribution in [1.29, 1.82) is 0 Å². The SMILES string of the molecule is CC1=CCC=C(C)CCC=C(C)CC[CH]1. The Morgan fingerprint density at radius 2 is 1.47 bits per heavy atom. The molecule has 0 heterocycles. The average Bonchev–Trinajstić information content (AvgIpc) is 2.16. The summed E-state index contributed by atoms with van der Waals surface area (Å²) in [6, 6.07) is 0. The summed E-state index contributed by atoms with van der Waals surface area (Å²) >= 11 is 0. The van der Waals surface area contributed by atoms with Crippen LogP contribution in [0.25, 0.3) is 0 Å². The Labute approximate surface area is 94.8 Å². The predicted octanol–water partition coefficient (Wildman–Crippen LogP) is 4.99. The third kappa shape index (κ3) is 5.61. The van der Waals surface area contributed by atoms with E-state index in [0.717, 1.165) is 6.42 Å². The molecule has 0 aromatic carbocycles. The maximum Gasteiger partial charge on any atom is -0.0137 e. The first-order valence-electron chi connectivity index (χ1n) is 5.99. The first-order chi connectivity index (χ1) is 7.18. The van der Waals surface area contributed by atoms with Crippen LogP contribution in [0.4, 0.5) is 0 Å². The number of hydrogen-bond acceptors (Lipinski definition) is 0. The number of allylic oxidation sites excluding steroid dienone is 6. The molecule has 0 N–H and O–H groups in total. The van der Waals surface area contributed by atoms with E-state index in [2.05, 4.69) is 45.4 Å². The zero-order valence-corrected chi connectivity index (χ0v) is 10.3. The summed E-state index contributed by atoms with van der Waals surface area (Å²) in [4.78, 5) is 0. The van der Waals surface area contributed by atoms with Crippen molar-refractivity contribution in [2.24, 2.45) is 0 Å². The summed E-state index contributed by atoms with van der Waals surface area (Å²) in [5.74, 6) is 0. The van der Waals surface area contributed by atoms with Gasteiger partial charge in [0.1, 0.15) is 0 Å². The smallest absolute Gasteiger partial charge is 0.0137 e. The predicted molar refractivity (Wildman–Crippen MR) is 68.7 cm³/mol. The van der Waals surface area contributed by atoms with Gasteiger partial charge in [0.25, 0.3) is 0 Å². The fraction of sp³-hybridized carbons (Fsp3) is 0.533. The molecule has 1 aliphatic rings. The van der Waals surface area contributed by atoms with Gasteiger partial charge in [-0.15, -0.1) is 0 Å². The van der Waals surface area contributed by atoms with Gasteiger partial charge in [-0.3, -0.25) is 0 Å². The first-order valence-corrected chi connectivity index (χ1v) is 5.99. The standard InChI is InChI=1S/C15H23/c1-13-7-4-9-14(2)11-6-12-15(3)10-5-8-13/h7-9,12H,4-6,10-11H2,1-3H3. The lowest BCUT2D eigenvalue weighted by atomic mass is 10.0. The highest BCUT2D eigenvalue weighted by Crippen LogP contribution is 2.15. The van der Waals surface area contributed by atoms with Gasteiger partial charge < -0.3 is 0 Å². The molecule has 0 heteroatoms. The molecule has 0 aromatic rings. The number of rotatable bonds is 0. The highest BCUT2D eigenvalue weighted by molar-refractivity contribution is 5.15. The minimum absolute atomic E-state index is 1.09. The zero-order valence-electron chi connectivity index (χ0n) is 10.3. The first kappa shape index (κ1) is 12.3. The second kappa shape index (κ2) is 6.66. The summed E-state index contributed by atoms with van der Waals surface area (Å²) in [7, 11) is 0. The summed E-state index contributed by atoms with van der Waals surface area (Å²) < 4.78 is 0. The van der Waals surface area contributed by atoms with Crippen LogP contribution < -0.4 is 0 Å². The maximum absolute atomic E-state index is 2.39. The van der Waals surface area contributed by atoms with Crippen LogP contribution >= 0.6 is 0 Å². The van der Waals surface area contributed by atoms with Crippen LogP contribution in [0.1, 0.15) is 52.9 Å². The fourth-order valence-electron chi connectivity index (χ4n) is 1.81. The van der Waals surface area contributed by atoms with Crippen molar-refractivity contribution in [3.8, 4) is 0 Å². The van der Waals surface area contributed by atoms with Gasteiger partial charge in [-0.2, -0.15) is 0 Å². The van der Waals surface area contributed by atoms with Crippen molar-refractivity contribution in [3.63, 3.8) is 0 Å². The Kier molecular flexibility index (Phi) is 5.45. The lowest BCUT2D eigenvalue weighted by Crippen LogP contribution is -1.86. The topological polar surface area (TPSA) is 0 Å². The Balaban J connectivity index is 2.62. The largest absolute Gasteiger partial charge is 0.0853 e. The Bertz CT molecular complexity index is 276. The Hall–Kier alpha value is -0.780. The second-order valence-corrected chi connectivity index (χ2v) is 4.57. The van der Waals surface area contributed by atoms with Crippen LogP contribution in [-0.4, -0.2) is 0 Å². The molecule has 0 aliphatic heterocycles. The maximum atomic E-state index is 2.39. The molecule has 15 heavy (non-hydrogen) atoms. The summed E-state index contributed by atoms with van der Waals surface area (Å²) in [6.07, 6.45) is 15.3. The third-order valence-corrected chi connectivity index (χ3v) is 2.94. The third-order valence-electron chi connectivity index (χ3n) is 2.94. The van der Waals surface area contributed by atoms with Gasteiger partial charge in [-0.25, -0.2) is 0 Å². The van der Waals surface area contributed by atoms with Gasteiger partial charge in [-0.05, 0) is 59.3 Å². The Morgan fingerprint density at radius 1 is 0.800 bits per heavy atom. The van der Waals surface area contributed by atoms with Crippen LogP contribution in [0.5, 0.6) is 0 Å². The van der Waals surface area contributed by atoms with E-state index < -0.39 is 0 Å². The molecule has 0 saturated heterocycles. The number of hydrogen-bond donors (Lipinski definition) is 0. The molecule has 0 aromatic heterocycles. The van der Waals surface area contributed by atoms with Crippen LogP contribution in [-0.2, 0) is 0 Å². The molecule has 0 fully saturated rings. The molecular weight excluding hydrogens is 180 g/mol. The van der Waals surface area contributed by atoms with Crippen molar-refractivity contribution in [2.45, 2.75) is 52.9 Å². The van der Waals surface area contributed by atoms with Gasteiger partial charge in [0.15, 0.2) is 0 Å². The van der Waals surface area contributed by atoms with E-state index in [-0.39, 0.29) is 0 Å². The van der Waals surface area contributed by atoms with Gasteiger partial charge in [0, 0.05) is 0 Å². The molecule has 1 aliphatic carbocycles. The lowest BCUT2D eigenvalue weighted by Gasteiger charge is -2.05. The monoisotopic (exact) mass is 203 g/mol. The molecule has 0 nitrogen and oxygen atoms in total. The average molecular weight is 203 g/mol. The van der Waals surface area contributed by atoms with Gasteiger partial charge >= 0.3 is 0 Å². The fourth-order valence-corrected chi connectivity index (χ4v) is 1.81. The van der Waals surface area contributed by atoms with Crippen LogP contribution in [0.2, 0.25) is 0 Å². The molecule has 0 bridgehead atoms. The van der Waals surface area contributed by atoms with Crippen molar-refractivity contribution >= 4 is 0 Å². The van der Waals surface area contributed by atoms with Crippen LogP contribution in [0.15, 0.2) is 34.9 Å². The van der Waals surface area contributed by atoms with Crippen LogP contribution in [0, 0.1) is 6.42 Å². The lowest BCUT2D eigenvalue weighted by molar-refractivity contribution is 0.888. The van der Waals surface area contributed by atoms with Crippen molar-refractivity contribution < 1.29 is 0 Å². The summed E-state index contributed by atoms with van der Waals surface area (Å²) in [5, 5.41) is 0. The van der Waals surface area contributed by atoms with Crippen molar-refractivity contribution in [2.75, 3.05) is 0 Å². The quantitative estimate of drug-likeness (QED) is 0.486. The van der Waals surface area contributed by atoms with Gasteiger partial charge in [0.2, 0.25) is 0 Å². The molecule has 1 rings (SSSR count). The molecule has 0 spiro atoms.